The van der Waals surface area contributed by atoms with Gasteiger partial charge in [-0.1, -0.05) is 0 Å². The molecule has 0 atom stereocenters. The molecule has 7 heteroatoms. The lowest BCUT2D eigenvalue weighted by molar-refractivity contribution is -0.120. The number of amides is 2. The molecule has 1 heterocycles. The van der Waals surface area contributed by atoms with Crippen LogP contribution in [0.1, 0.15) is 16.1 Å². The van der Waals surface area contributed by atoms with Crippen molar-refractivity contribution in [3.63, 3.8) is 0 Å². The molecule has 0 aliphatic carbocycles. The average Bonchev–Trinajstić information content (AvgIpc) is 3.10. The summed E-state index contributed by atoms with van der Waals surface area (Å²) in [6.07, 6.45) is 1.53. The Balaban J connectivity index is 1.85. The number of furan rings is 1. The molecule has 0 aliphatic rings. The summed E-state index contributed by atoms with van der Waals surface area (Å²) in [6.45, 7) is 0.145. The molecule has 0 aliphatic heterocycles. The van der Waals surface area contributed by atoms with Gasteiger partial charge in [-0.05, 0) is 30.3 Å². The van der Waals surface area contributed by atoms with E-state index in [1.54, 1.807) is 30.3 Å². The van der Waals surface area contributed by atoms with Crippen molar-refractivity contribution in [2.45, 2.75) is 6.54 Å². The summed E-state index contributed by atoms with van der Waals surface area (Å²) < 4.78 is 15.3. The maximum absolute atomic E-state index is 12.0. The number of hydrogen-bond acceptors (Lipinski definition) is 5. The minimum atomic E-state index is -0.376. The average molecular weight is 318 g/mol. The molecular formula is C16H18N2O5. The van der Waals surface area contributed by atoms with Crippen LogP contribution in [-0.2, 0) is 11.3 Å². The summed E-state index contributed by atoms with van der Waals surface area (Å²) in [6, 6.07) is 8.26. The third-order valence-corrected chi connectivity index (χ3v) is 3.10. The number of rotatable bonds is 7. The van der Waals surface area contributed by atoms with Crippen LogP contribution in [0, 0.1) is 0 Å². The second-order valence-corrected chi connectivity index (χ2v) is 4.61. The molecule has 0 bridgehead atoms. The van der Waals surface area contributed by atoms with Crippen molar-refractivity contribution in [2.24, 2.45) is 0 Å². The maximum atomic E-state index is 12.0. The van der Waals surface area contributed by atoms with Gasteiger partial charge in [0.05, 0.1) is 33.6 Å². The van der Waals surface area contributed by atoms with Crippen LogP contribution < -0.4 is 20.1 Å². The number of ether oxygens (including phenoxy) is 2. The minimum absolute atomic E-state index is 0.131. The Hall–Kier alpha value is -2.96. The van der Waals surface area contributed by atoms with Gasteiger partial charge in [-0.2, -0.15) is 0 Å². The van der Waals surface area contributed by atoms with Gasteiger partial charge in [0.25, 0.3) is 5.91 Å². The van der Waals surface area contributed by atoms with Gasteiger partial charge in [-0.25, -0.2) is 0 Å². The van der Waals surface area contributed by atoms with E-state index in [0.29, 0.717) is 22.8 Å². The van der Waals surface area contributed by atoms with Gasteiger partial charge in [0.15, 0.2) is 11.5 Å². The van der Waals surface area contributed by atoms with E-state index in [4.69, 9.17) is 13.9 Å². The second kappa shape index (κ2) is 7.88. The summed E-state index contributed by atoms with van der Waals surface area (Å²) in [7, 11) is 3.00. The number of carbonyl (C=O) groups is 2. The van der Waals surface area contributed by atoms with Gasteiger partial charge in [0.1, 0.15) is 5.76 Å². The van der Waals surface area contributed by atoms with Crippen LogP contribution in [0.4, 0.5) is 0 Å². The standard InChI is InChI=1S/C16H18N2O5/c1-21-13-6-5-11(8-14(13)22-2)16(20)18-10-15(19)17-9-12-4-3-7-23-12/h3-8H,9-10H2,1-2H3,(H,17,19)(H,18,20). The fourth-order valence-electron chi connectivity index (χ4n) is 1.90. The lowest BCUT2D eigenvalue weighted by atomic mass is 10.2. The molecule has 2 N–H and O–H groups in total. The monoisotopic (exact) mass is 318 g/mol. The molecule has 2 amide bonds. The predicted molar refractivity (Wildman–Crippen MR) is 82.4 cm³/mol. The van der Waals surface area contributed by atoms with E-state index in [1.165, 1.54) is 20.5 Å². The summed E-state index contributed by atoms with van der Waals surface area (Å²) in [4.78, 5) is 23.7. The highest BCUT2D eigenvalue weighted by Gasteiger charge is 2.12. The molecule has 1 aromatic heterocycles. The Kier molecular flexibility index (Phi) is 5.62. The second-order valence-electron chi connectivity index (χ2n) is 4.61. The van der Waals surface area contributed by atoms with Crippen LogP contribution >= 0.6 is 0 Å². The molecule has 0 unspecified atom stereocenters. The third-order valence-electron chi connectivity index (χ3n) is 3.10. The maximum Gasteiger partial charge on any atom is 0.251 e. The highest BCUT2D eigenvalue weighted by Crippen LogP contribution is 2.27. The fourth-order valence-corrected chi connectivity index (χ4v) is 1.90. The number of hydrogen-bond donors (Lipinski definition) is 2. The molecule has 1 aromatic carbocycles. The van der Waals surface area contributed by atoms with Crippen molar-refractivity contribution in [3.8, 4) is 11.5 Å². The SMILES string of the molecule is COc1ccc(C(=O)NCC(=O)NCc2ccco2)cc1OC. The lowest BCUT2D eigenvalue weighted by Gasteiger charge is -2.10. The quantitative estimate of drug-likeness (QED) is 0.804. The van der Waals surface area contributed by atoms with E-state index in [0.717, 1.165) is 0 Å². The first kappa shape index (κ1) is 16.4. The van der Waals surface area contributed by atoms with Crippen LogP contribution in [0.5, 0.6) is 11.5 Å². The highest BCUT2D eigenvalue weighted by atomic mass is 16.5. The number of methoxy groups -OCH3 is 2. The van der Waals surface area contributed by atoms with E-state index < -0.39 is 0 Å². The molecular weight excluding hydrogens is 300 g/mol. The summed E-state index contributed by atoms with van der Waals surface area (Å²) >= 11 is 0. The number of carbonyl (C=O) groups excluding carboxylic acids is 2. The van der Waals surface area contributed by atoms with Gasteiger partial charge < -0.3 is 24.5 Å². The molecule has 7 nitrogen and oxygen atoms in total. The van der Waals surface area contributed by atoms with Gasteiger partial charge in [-0.3, -0.25) is 9.59 Å². The van der Waals surface area contributed by atoms with Gasteiger partial charge in [0.2, 0.25) is 5.91 Å². The molecule has 0 radical (unpaired) electrons. The summed E-state index contributed by atoms with van der Waals surface area (Å²) in [5.74, 6) is 0.932. The van der Waals surface area contributed by atoms with Crippen LogP contribution in [0.15, 0.2) is 41.0 Å². The van der Waals surface area contributed by atoms with Crippen molar-refractivity contribution >= 4 is 11.8 Å². The minimum Gasteiger partial charge on any atom is -0.493 e. The Morgan fingerprint density at radius 1 is 1.09 bits per heavy atom. The molecule has 23 heavy (non-hydrogen) atoms. The van der Waals surface area contributed by atoms with Crippen molar-refractivity contribution in [1.29, 1.82) is 0 Å². The van der Waals surface area contributed by atoms with Crippen molar-refractivity contribution < 1.29 is 23.5 Å². The normalized spacial score (nSPS) is 10.0. The van der Waals surface area contributed by atoms with Gasteiger partial charge in [0, 0.05) is 5.56 Å². The summed E-state index contributed by atoms with van der Waals surface area (Å²) in [5.41, 5.74) is 0.376. The Morgan fingerprint density at radius 2 is 1.87 bits per heavy atom. The van der Waals surface area contributed by atoms with E-state index in [9.17, 15) is 9.59 Å². The Bertz CT molecular complexity index is 667. The Morgan fingerprint density at radius 3 is 2.52 bits per heavy atom. The third kappa shape index (κ3) is 4.50. The van der Waals surface area contributed by atoms with E-state index in [1.807, 2.05) is 0 Å². The van der Waals surface area contributed by atoms with Gasteiger partial charge in [-0.15, -0.1) is 0 Å². The molecule has 2 rings (SSSR count). The van der Waals surface area contributed by atoms with Crippen LogP contribution in [0.2, 0.25) is 0 Å². The smallest absolute Gasteiger partial charge is 0.251 e. The number of benzene rings is 1. The Labute approximate surface area is 133 Å². The topological polar surface area (TPSA) is 89.8 Å². The zero-order valence-corrected chi connectivity index (χ0v) is 12.9. The van der Waals surface area contributed by atoms with Crippen molar-refractivity contribution in [1.82, 2.24) is 10.6 Å². The number of nitrogens with one attached hydrogen (secondary N) is 2. The van der Waals surface area contributed by atoms with Crippen LogP contribution in [-0.4, -0.2) is 32.6 Å². The van der Waals surface area contributed by atoms with Crippen molar-refractivity contribution in [2.75, 3.05) is 20.8 Å². The first-order chi connectivity index (χ1) is 11.1. The van der Waals surface area contributed by atoms with E-state index in [-0.39, 0.29) is 24.9 Å². The zero-order valence-electron chi connectivity index (χ0n) is 12.9. The molecule has 2 aromatic rings. The zero-order chi connectivity index (χ0) is 16.7. The van der Waals surface area contributed by atoms with Gasteiger partial charge >= 0.3 is 0 Å². The molecule has 0 saturated carbocycles. The first-order valence-corrected chi connectivity index (χ1v) is 6.93. The molecule has 0 fully saturated rings. The molecule has 0 saturated heterocycles. The van der Waals surface area contributed by atoms with Crippen LogP contribution in [0.25, 0.3) is 0 Å². The first-order valence-electron chi connectivity index (χ1n) is 6.93. The van der Waals surface area contributed by atoms with Crippen LogP contribution in [0.3, 0.4) is 0 Å². The largest absolute Gasteiger partial charge is 0.493 e. The van der Waals surface area contributed by atoms with Crippen molar-refractivity contribution in [3.05, 3.63) is 47.9 Å². The fraction of sp³-hybridized carbons (Fsp3) is 0.250. The highest BCUT2D eigenvalue weighted by molar-refractivity contribution is 5.97. The van der Waals surface area contributed by atoms with E-state index in [2.05, 4.69) is 10.6 Å². The van der Waals surface area contributed by atoms with E-state index >= 15 is 0 Å². The lowest BCUT2D eigenvalue weighted by Crippen LogP contribution is -2.36. The molecule has 0 spiro atoms. The predicted octanol–water partition coefficient (Wildman–Crippen LogP) is 1.34. The molecule has 122 valence electrons. The summed E-state index contributed by atoms with van der Waals surface area (Å²) in [5, 5.41) is 5.18.